The minimum Gasteiger partial charge on any atom is -0.390 e. The molecule has 1 unspecified atom stereocenters. The molecule has 3 heterocycles. The van der Waals surface area contributed by atoms with Gasteiger partial charge in [0.1, 0.15) is 11.5 Å². The van der Waals surface area contributed by atoms with Crippen LogP contribution in [0.15, 0.2) is 42.7 Å². The Morgan fingerprint density at radius 2 is 2.00 bits per heavy atom. The van der Waals surface area contributed by atoms with Crippen molar-refractivity contribution < 1.29 is 5.11 Å². The van der Waals surface area contributed by atoms with Crippen molar-refractivity contribution in [3.63, 3.8) is 0 Å². The molecular formula is C26H29ClN6O. The maximum Gasteiger partial charge on any atom is 0.152 e. The molecule has 0 amide bonds. The lowest BCUT2D eigenvalue weighted by molar-refractivity contribution is 0.186. The Morgan fingerprint density at radius 1 is 1.24 bits per heavy atom. The molecule has 1 saturated heterocycles. The van der Waals surface area contributed by atoms with Crippen LogP contribution in [0.3, 0.4) is 0 Å². The fourth-order valence-corrected chi connectivity index (χ4v) is 5.67. The van der Waals surface area contributed by atoms with E-state index in [1.807, 2.05) is 19.1 Å². The van der Waals surface area contributed by atoms with Gasteiger partial charge in [0, 0.05) is 30.9 Å². The summed E-state index contributed by atoms with van der Waals surface area (Å²) < 4.78 is 0. The maximum atomic E-state index is 10.1. The summed E-state index contributed by atoms with van der Waals surface area (Å²) in [5, 5.41) is 10.5. The van der Waals surface area contributed by atoms with Crippen LogP contribution in [0.25, 0.3) is 11.6 Å². The van der Waals surface area contributed by atoms with E-state index in [2.05, 4.69) is 39.1 Å². The molecule has 5 N–H and O–H groups in total. The van der Waals surface area contributed by atoms with Gasteiger partial charge in [-0.2, -0.15) is 0 Å². The third-order valence-corrected chi connectivity index (χ3v) is 7.74. The third-order valence-electron chi connectivity index (χ3n) is 7.35. The van der Waals surface area contributed by atoms with Crippen LogP contribution in [0.1, 0.15) is 53.9 Å². The highest BCUT2D eigenvalue weighted by atomic mass is 35.5. The van der Waals surface area contributed by atoms with Crippen molar-refractivity contribution in [2.24, 2.45) is 11.1 Å². The predicted octanol–water partition coefficient (Wildman–Crippen LogP) is 4.00. The molecule has 2 aromatic heterocycles. The average molecular weight is 477 g/mol. The number of hydrogen-bond donors (Lipinski definition) is 3. The standard InChI is InChI=1S/C26H29ClN6O/c1-16(19-6-9-30-24(29)22(19)27)12-18-14-31-25(21(15-34)32-18)33-10-7-26(8-11-33)13-17-4-2-3-5-20(17)23(26)28/h2-6,9,12,14,23,34H,7-8,10-11,13,15,28H2,1H3,(H2,29,30). The van der Waals surface area contributed by atoms with E-state index in [1.54, 1.807) is 12.4 Å². The van der Waals surface area contributed by atoms with Crippen molar-refractivity contribution in [1.29, 1.82) is 0 Å². The maximum absolute atomic E-state index is 10.1. The first-order valence-corrected chi connectivity index (χ1v) is 11.9. The fourth-order valence-electron chi connectivity index (χ4n) is 5.41. The summed E-state index contributed by atoms with van der Waals surface area (Å²) >= 11 is 6.31. The highest BCUT2D eigenvalue weighted by molar-refractivity contribution is 6.34. The molecule has 1 spiro atoms. The van der Waals surface area contributed by atoms with Crippen molar-refractivity contribution in [3.05, 3.63) is 75.8 Å². The van der Waals surface area contributed by atoms with Crippen LogP contribution in [0, 0.1) is 5.41 Å². The Hall–Kier alpha value is -3.00. The molecular weight excluding hydrogens is 448 g/mol. The van der Waals surface area contributed by atoms with Crippen LogP contribution < -0.4 is 16.4 Å². The topological polar surface area (TPSA) is 114 Å². The van der Waals surface area contributed by atoms with Gasteiger partial charge in [-0.3, -0.25) is 0 Å². The zero-order valence-electron chi connectivity index (χ0n) is 19.2. The number of aliphatic hydroxyl groups excluding tert-OH is 1. The molecule has 34 heavy (non-hydrogen) atoms. The summed E-state index contributed by atoms with van der Waals surface area (Å²) in [6.07, 6.45) is 8.24. The number of benzene rings is 1. The van der Waals surface area contributed by atoms with Crippen LogP contribution >= 0.6 is 11.6 Å². The van der Waals surface area contributed by atoms with Gasteiger partial charge in [-0.05, 0) is 60.4 Å². The zero-order valence-corrected chi connectivity index (χ0v) is 20.0. The van der Waals surface area contributed by atoms with Gasteiger partial charge in [-0.15, -0.1) is 0 Å². The number of pyridine rings is 1. The number of nitrogens with zero attached hydrogens (tertiary/aromatic N) is 4. The lowest BCUT2D eigenvalue weighted by Gasteiger charge is -2.42. The smallest absolute Gasteiger partial charge is 0.152 e. The van der Waals surface area contributed by atoms with Crippen molar-refractivity contribution in [3.8, 4) is 0 Å². The van der Waals surface area contributed by atoms with E-state index >= 15 is 0 Å². The third kappa shape index (κ3) is 3.94. The Bertz CT molecular complexity index is 1250. The molecule has 176 valence electrons. The van der Waals surface area contributed by atoms with Gasteiger partial charge < -0.3 is 21.5 Å². The summed E-state index contributed by atoms with van der Waals surface area (Å²) in [4.78, 5) is 15.6. The first-order chi connectivity index (χ1) is 16.4. The Balaban J connectivity index is 1.34. The molecule has 0 radical (unpaired) electrons. The second-order valence-corrected chi connectivity index (χ2v) is 9.69. The first kappa shape index (κ1) is 22.8. The van der Waals surface area contributed by atoms with Gasteiger partial charge in [0.2, 0.25) is 0 Å². The van der Waals surface area contributed by atoms with Gasteiger partial charge in [-0.25, -0.2) is 15.0 Å². The molecule has 8 heteroatoms. The summed E-state index contributed by atoms with van der Waals surface area (Å²) in [7, 11) is 0. The van der Waals surface area contributed by atoms with Crippen LogP contribution in [0.5, 0.6) is 0 Å². The number of nitrogens with two attached hydrogens (primary N) is 2. The summed E-state index contributed by atoms with van der Waals surface area (Å²) in [5.41, 5.74) is 18.2. The lowest BCUT2D eigenvalue weighted by Crippen LogP contribution is -2.45. The van der Waals surface area contributed by atoms with E-state index in [0.29, 0.717) is 16.4 Å². The molecule has 3 aromatic rings. The average Bonchev–Trinajstić information content (AvgIpc) is 3.12. The molecule has 0 saturated carbocycles. The minimum atomic E-state index is -0.182. The monoisotopic (exact) mass is 476 g/mol. The number of rotatable bonds is 4. The second kappa shape index (κ2) is 8.98. The van der Waals surface area contributed by atoms with Gasteiger partial charge in [0.15, 0.2) is 5.82 Å². The predicted molar refractivity (Wildman–Crippen MR) is 136 cm³/mol. The van der Waals surface area contributed by atoms with Gasteiger partial charge in [0.25, 0.3) is 0 Å². The van der Waals surface area contributed by atoms with Crippen molar-refractivity contribution in [1.82, 2.24) is 15.0 Å². The van der Waals surface area contributed by atoms with E-state index in [9.17, 15) is 5.11 Å². The molecule has 1 atom stereocenters. The number of aliphatic hydroxyl groups is 1. The van der Waals surface area contributed by atoms with Crippen LogP contribution in [-0.2, 0) is 13.0 Å². The van der Waals surface area contributed by atoms with E-state index in [1.165, 1.54) is 11.1 Å². The van der Waals surface area contributed by atoms with Crippen molar-refractivity contribution >= 4 is 34.9 Å². The molecule has 1 fully saturated rings. The lowest BCUT2D eigenvalue weighted by atomic mass is 9.73. The molecule has 1 aromatic carbocycles. The van der Waals surface area contributed by atoms with Crippen LogP contribution in [0.4, 0.5) is 11.6 Å². The number of nitrogen functional groups attached to an aromatic ring is 1. The Morgan fingerprint density at radius 3 is 2.74 bits per heavy atom. The number of piperidine rings is 1. The number of aromatic nitrogens is 3. The first-order valence-electron chi connectivity index (χ1n) is 11.6. The van der Waals surface area contributed by atoms with Gasteiger partial charge >= 0.3 is 0 Å². The minimum absolute atomic E-state index is 0.0683. The Kier molecular flexibility index (Phi) is 6.02. The molecule has 1 aliphatic heterocycles. The van der Waals surface area contributed by atoms with E-state index in [-0.39, 0.29) is 23.9 Å². The van der Waals surface area contributed by atoms with Gasteiger partial charge in [0.05, 0.1) is 23.5 Å². The van der Waals surface area contributed by atoms with E-state index in [0.717, 1.165) is 49.3 Å². The summed E-state index contributed by atoms with van der Waals surface area (Å²) in [6, 6.07) is 10.4. The molecule has 2 aliphatic rings. The highest BCUT2D eigenvalue weighted by Gasteiger charge is 2.46. The zero-order chi connectivity index (χ0) is 23.9. The van der Waals surface area contributed by atoms with Crippen molar-refractivity contribution in [2.45, 2.75) is 38.8 Å². The number of halogens is 1. The largest absolute Gasteiger partial charge is 0.390 e. The SMILES string of the molecule is CC(=Cc1cnc(N2CCC3(CC2)Cc2ccccc2C3N)c(CO)n1)c1ccnc(N)c1Cl. The van der Waals surface area contributed by atoms with Crippen LogP contribution in [-0.4, -0.2) is 33.1 Å². The highest BCUT2D eigenvalue weighted by Crippen LogP contribution is 2.51. The molecule has 1 aliphatic carbocycles. The molecule has 5 rings (SSSR count). The molecule has 0 bridgehead atoms. The number of fused-ring (bicyclic) bond motifs is 1. The summed E-state index contributed by atoms with van der Waals surface area (Å²) in [5.74, 6) is 1.03. The number of hydrogen-bond acceptors (Lipinski definition) is 7. The van der Waals surface area contributed by atoms with E-state index in [4.69, 9.17) is 28.1 Å². The number of anilines is 2. The number of allylic oxidation sites excluding steroid dienone is 1. The van der Waals surface area contributed by atoms with Crippen molar-refractivity contribution in [2.75, 3.05) is 23.7 Å². The summed E-state index contributed by atoms with van der Waals surface area (Å²) in [6.45, 7) is 3.42. The quantitative estimate of drug-likeness (QED) is 0.521. The second-order valence-electron chi connectivity index (χ2n) is 9.31. The fraction of sp³-hybridized carbons (Fsp3) is 0.346. The van der Waals surface area contributed by atoms with E-state index < -0.39 is 0 Å². The molecule has 7 nitrogen and oxygen atoms in total. The van der Waals surface area contributed by atoms with Gasteiger partial charge in [-0.1, -0.05) is 35.9 Å². The normalized spacial score (nSPS) is 19.5. The van der Waals surface area contributed by atoms with Crippen LogP contribution in [0.2, 0.25) is 5.02 Å². The Labute approximate surface area is 204 Å².